The number of benzene rings is 2. The highest BCUT2D eigenvalue weighted by Gasteiger charge is 2.15. The molecule has 0 radical (unpaired) electrons. The van der Waals surface area contributed by atoms with Crippen LogP contribution in [0.25, 0.3) is 0 Å². The van der Waals surface area contributed by atoms with Gasteiger partial charge in [-0.05, 0) is 17.5 Å². The second-order valence-corrected chi connectivity index (χ2v) is 7.32. The van der Waals surface area contributed by atoms with Crippen molar-refractivity contribution >= 4 is 41.7 Å². The number of rotatable bonds is 5. The van der Waals surface area contributed by atoms with Crippen LogP contribution in [0.15, 0.2) is 65.7 Å². The minimum absolute atomic E-state index is 0. The van der Waals surface area contributed by atoms with Crippen LogP contribution < -0.4 is 5.73 Å². The maximum Gasteiger partial charge on any atom is 0.191 e. The van der Waals surface area contributed by atoms with Crippen molar-refractivity contribution in [1.82, 2.24) is 4.90 Å². The number of thioether (sulfide) groups is 1. The van der Waals surface area contributed by atoms with Gasteiger partial charge in [0.15, 0.2) is 5.96 Å². The molecule has 2 aromatic rings. The van der Waals surface area contributed by atoms with Gasteiger partial charge < -0.3 is 10.6 Å². The summed E-state index contributed by atoms with van der Waals surface area (Å²) < 4.78 is 0. The first-order valence-electron chi connectivity index (χ1n) is 8.54. The Labute approximate surface area is 172 Å². The summed E-state index contributed by atoms with van der Waals surface area (Å²) in [6.07, 6.45) is 0.984. The number of guanidine groups is 1. The molecule has 1 atom stereocenters. The van der Waals surface area contributed by atoms with Crippen LogP contribution in [-0.2, 0) is 6.42 Å². The van der Waals surface area contributed by atoms with Crippen LogP contribution >= 0.6 is 35.7 Å². The fraction of sp³-hybridized carbons (Fsp3) is 0.350. The molecule has 1 fully saturated rings. The molecular weight excluding hydrogens is 441 g/mol. The second-order valence-electron chi connectivity index (χ2n) is 6.10. The lowest BCUT2D eigenvalue weighted by atomic mass is 9.92. The molecule has 0 amide bonds. The molecule has 0 aliphatic carbocycles. The molecule has 0 spiro atoms. The predicted octanol–water partition coefficient (Wildman–Crippen LogP) is 3.99. The molecule has 0 saturated carbocycles. The van der Waals surface area contributed by atoms with E-state index >= 15 is 0 Å². The average Bonchev–Trinajstić information content (AvgIpc) is 2.67. The number of hydrogen-bond acceptors (Lipinski definition) is 2. The van der Waals surface area contributed by atoms with Gasteiger partial charge in [0.2, 0.25) is 0 Å². The van der Waals surface area contributed by atoms with Crippen molar-refractivity contribution in [3.63, 3.8) is 0 Å². The number of hydrogen-bond donors (Lipinski definition) is 1. The lowest BCUT2D eigenvalue weighted by Crippen LogP contribution is -2.42. The van der Waals surface area contributed by atoms with E-state index in [9.17, 15) is 0 Å². The molecule has 0 bridgehead atoms. The summed E-state index contributed by atoms with van der Waals surface area (Å²) in [5.41, 5.74) is 8.90. The lowest BCUT2D eigenvalue weighted by Gasteiger charge is -2.27. The van der Waals surface area contributed by atoms with E-state index in [0.29, 0.717) is 11.9 Å². The monoisotopic (exact) mass is 467 g/mol. The summed E-state index contributed by atoms with van der Waals surface area (Å²) in [4.78, 5) is 6.94. The van der Waals surface area contributed by atoms with E-state index in [1.165, 1.54) is 11.1 Å². The molecule has 1 heterocycles. The number of halogens is 1. The van der Waals surface area contributed by atoms with Gasteiger partial charge >= 0.3 is 0 Å². The van der Waals surface area contributed by atoms with Crippen LogP contribution in [0.1, 0.15) is 17.0 Å². The SMILES string of the molecule is I.NC(=NCC(Cc1ccccc1)c1ccccc1)N1CCSCC1. The van der Waals surface area contributed by atoms with Gasteiger partial charge in [-0.2, -0.15) is 11.8 Å². The molecule has 5 heteroatoms. The van der Waals surface area contributed by atoms with Crippen LogP contribution in [-0.4, -0.2) is 42.0 Å². The molecule has 1 aliphatic heterocycles. The Balaban J connectivity index is 0.00000225. The van der Waals surface area contributed by atoms with E-state index in [1.807, 2.05) is 11.8 Å². The van der Waals surface area contributed by atoms with E-state index in [1.54, 1.807) is 0 Å². The molecular formula is C20H26IN3S. The van der Waals surface area contributed by atoms with E-state index in [4.69, 9.17) is 10.7 Å². The van der Waals surface area contributed by atoms with Gasteiger partial charge in [-0.15, -0.1) is 24.0 Å². The van der Waals surface area contributed by atoms with Crippen LogP contribution in [0.5, 0.6) is 0 Å². The van der Waals surface area contributed by atoms with Gasteiger partial charge in [-0.25, -0.2) is 0 Å². The molecule has 1 aliphatic rings. The third kappa shape index (κ3) is 6.22. The molecule has 0 aromatic heterocycles. The quantitative estimate of drug-likeness (QED) is 0.411. The average molecular weight is 467 g/mol. The van der Waals surface area contributed by atoms with Crippen molar-refractivity contribution in [3.05, 3.63) is 71.8 Å². The number of aliphatic imine (C=N–C) groups is 1. The van der Waals surface area contributed by atoms with Crippen molar-refractivity contribution in [2.24, 2.45) is 10.7 Å². The molecule has 3 nitrogen and oxygen atoms in total. The fourth-order valence-corrected chi connectivity index (χ4v) is 3.91. The van der Waals surface area contributed by atoms with Crippen LogP contribution in [0.2, 0.25) is 0 Å². The fourth-order valence-electron chi connectivity index (χ4n) is 3.01. The van der Waals surface area contributed by atoms with Gasteiger partial charge in [0.05, 0.1) is 0 Å². The normalized spacial score (nSPS) is 16.2. The molecule has 25 heavy (non-hydrogen) atoms. The van der Waals surface area contributed by atoms with Crippen LogP contribution in [0.4, 0.5) is 0 Å². The van der Waals surface area contributed by atoms with Gasteiger partial charge in [0.25, 0.3) is 0 Å². The maximum atomic E-state index is 6.23. The second kappa shape index (κ2) is 10.7. The molecule has 3 rings (SSSR count). The largest absolute Gasteiger partial charge is 0.370 e. The number of nitrogens with two attached hydrogens (primary N) is 1. The molecule has 2 aromatic carbocycles. The highest BCUT2D eigenvalue weighted by molar-refractivity contribution is 14.0. The zero-order valence-electron chi connectivity index (χ0n) is 14.4. The van der Waals surface area contributed by atoms with Crippen molar-refractivity contribution < 1.29 is 0 Å². The Hall–Kier alpha value is -1.21. The van der Waals surface area contributed by atoms with Crippen molar-refractivity contribution in [1.29, 1.82) is 0 Å². The van der Waals surface area contributed by atoms with Crippen molar-refractivity contribution in [2.75, 3.05) is 31.1 Å². The van der Waals surface area contributed by atoms with Gasteiger partial charge in [-0.1, -0.05) is 60.7 Å². The molecule has 1 unspecified atom stereocenters. The Kier molecular flexibility index (Phi) is 8.61. The minimum Gasteiger partial charge on any atom is -0.370 e. The highest BCUT2D eigenvalue weighted by Crippen LogP contribution is 2.21. The Morgan fingerprint density at radius 1 is 1.00 bits per heavy atom. The summed E-state index contributed by atoms with van der Waals surface area (Å²) >= 11 is 1.99. The highest BCUT2D eigenvalue weighted by atomic mass is 127. The predicted molar refractivity (Wildman–Crippen MR) is 120 cm³/mol. The van der Waals surface area contributed by atoms with Crippen molar-refractivity contribution in [3.8, 4) is 0 Å². The van der Waals surface area contributed by atoms with E-state index in [2.05, 4.69) is 65.6 Å². The van der Waals surface area contributed by atoms with E-state index in [-0.39, 0.29) is 24.0 Å². The summed E-state index contributed by atoms with van der Waals surface area (Å²) in [6, 6.07) is 21.3. The number of nitrogens with zero attached hydrogens (tertiary/aromatic N) is 2. The summed E-state index contributed by atoms with van der Waals surface area (Å²) in [5, 5.41) is 0. The third-order valence-corrected chi connectivity index (χ3v) is 5.35. The first-order chi connectivity index (χ1) is 11.8. The third-order valence-electron chi connectivity index (χ3n) is 4.40. The topological polar surface area (TPSA) is 41.6 Å². The smallest absolute Gasteiger partial charge is 0.191 e. The zero-order chi connectivity index (χ0) is 16.6. The Bertz CT molecular complexity index is 643. The molecule has 2 N–H and O–H groups in total. The van der Waals surface area contributed by atoms with Gasteiger partial charge in [-0.3, -0.25) is 4.99 Å². The maximum absolute atomic E-state index is 6.23. The molecule has 134 valence electrons. The first kappa shape index (κ1) is 20.1. The van der Waals surface area contributed by atoms with Crippen LogP contribution in [0.3, 0.4) is 0 Å². The van der Waals surface area contributed by atoms with Gasteiger partial charge in [0, 0.05) is 37.1 Å². The molecule has 1 saturated heterocycles. The minimum atomic E-state index is 0. The van der Waals surface area contributed by atoms with Crippen LogP contribution in [0, 0.1) is 0 Å². The summed E-state index contributed by atoms with van der Waals surface area (Å²) in [5.74, 6) is 3.33. The van der Waals surface area contributed by atoms with Gasteiger partial charge in [0.1, 0.15) is 0 Å². The Morgan fingerprint density at radius 2 is 1.60 bits per heavy atom. The van der Waals surface area contributed by atoms with Crippen molar-refractivity contribution in [2.45, 2.75) is 12.3 Å². The summed E-state index contributed by atoms with van der Waals surface area (Å²) in [6.45, 7) is 2.75. The lowest BCUT2D eigenvalue weighted by molar-refractivity contribution is 0.454. The Morgan fingerprint density at radius 3 is 2.24 bits per heavy atom. The first-order valence-corrected chi connectivity index (χ1v) is 9.70. The van der Waals surface area contributed by atoms with E-state index < -0.39 is 0 Å². The zero-order valence-corrected chi connectivity index (χ0v) is 17.5. The summed E-state index contributed by atoms with van der Waals surface area (Å²) in [7, 11) is 0. The standard InChI is InChI=1S/C20H25N3S.HI/c21-20(23-11-13-24-14-12-23)22-16-19(18-9-5-2-6-10-18)15-17-7-3-1-4-8-17;/h1-10,19H,11-16H2,(H2,21,22);1H. The van der Waals surface area contributed by atoms with E-state index in [0.717, 1.165) is 37.6 Å².